The molecule has 1 aliphatic carbocycles. The lowest BCUT2D eigenvalue weighted by atomic mass is 10.1. The molecule has 0 unspecified atom stereocenters. The minimum absolute atomic E-state index is 0.0368. The van der Waals surface area contributed by atoms with Crippen LogP contribution < -0.4 is 10.1 Å². The van der Waals surface area contributed by atoms with Crippen molar-refractivity contribution < 1.29 is 32.2 Å². The van der Waals surface area contributed by atoms with E-state index >= 15 is 0 Å². The predicted octanol–water partition coefficient (Wildman–Crippen LogP) is 3.75. The molecule has 0 fully saturated rings. The van der Waals surface area contributed by atoms with Crippen LogP contribution in [0.3, 0.4) is 0 Å². The summed E-state index contributed by atoms with van der Waals surface area (Å²) in [5, 5.41) is 2.25. The fourth-order valence-corrected chi connectivity index (χ4v) is 2.94. The zero-order chi connectivity index (χ0) is 20.1. The Hall–Kier alpha value is -3.03. The lowest BCUT2D eigenvalue weighted by molar-refractivity contribution is -0.149. The molecule has 0 atom stereocenters. The number of amides is 1. The van der Waals surface area contributed by atoms with Crippen LogP contribution in [0.25, 0.3) is 0 Å². The van der Waals surface area contributed by atoms with E-state index in [4.69, 9.17) is 9.47 Å². The maximum Gasteiger partial charge on any atom is 0.416 e. The highest BCUT2D eigenvalue weighted by Gasteiger charge is 2.30. The van der Waals surface area contributed by atoms with Crippen LogP contribution in [-0.2, 0) is 33.3 Å². The van der Waals surface area contributed by atoms with Crippen LogP contribution in [0.5, 0.6) is 5.75 Å². The molecular weight excluding hydrogens is 375 g/mol. The van der Waals surface area contributed by atoms with Gasteiger partial charge in [0.25, 0.3) is 5.91 Å². The number of esters is 1. The van der Waals surface area contributed by atoms with Gasteiger partial charge in [-0.05, 0) is 60.7 Å². The number of carbonyl (C=O) groups excluding carboxylic acids is 2. The van der Waals surface area contributed by atoms with E-state index < -0.39 is 30.2 Å². The summed E-state index contributed by atoms with van der Waals surface area (Å²) in [4.78, 5) is 23.5. The molecule has 148 valence electrons. The maximum atomic E-state index is 12.7. The lowest BCUT2D eigenvalue weighted by Gasteiger charge is -2.10. The Kier molecular flexibility index (Phi) is 5.87. The number of ether oxygens (including phenoxy) is 2. The van der Waals surface area contributed by atoms with Crippen molar-refractivity contribution in [1.29, 1.82) is 0 Å². The zero-order valence-corrected chi connectivity index (χ0v) is 14.8. The number of fused-ring (bicyclic) bond motifs is 1. The molecule has 2 aromatic carbocycles. The van der Waals surface area contributed by atoms with Gasteiger partial charge in [-0.25, -0.2) is 4.79 Å². The highest BCUT2D eigenvalue weighted by atomic mass is 19.4. The number of hydrogen-bond donors (Lipinski definition) is 1. The van der Waals surface area contributed by atoms with Crippen molar-refractivity contribution in [2.45, 2.75) is 25.4 Å². The normalized spacial score (nSPS) is 13.0. The van der Waals surface area contributed by atoms with E-state index in [-0.39, 0.29) is 12.3 Å². The van der Waals surface area contributed by atoms with E-state index in [1.807, 2.05) is 12.1 Å². The summed E-state index contributed by atoms with van der Waals surface area (Å²) < 4.78 is 48.1. The van der Waals surface area contributed by atoms with Gasteiger partial charge in [0.15, 0.2) is 13.2 Å². The first-order chi connectivity index (χ1) is 13.3. The summed E-state index contributed by atoms with van der Waals surface area (Å²) in [6, 6.07) is 9.81. The van der Waals surface area contributed by atoms with Crippen molar-refractivity contribution in [3.8, 4) is 5.75 Å². The number of anilines is 1. The summed E-state index contributed by atoms with van der Waals surface area (Å²) in [5.41, 5.74) is 1.56. The third-order valence-corrected chi connectivity index (χ3v) is 4.26. The quantitative estimate of drug-likeness (QED) is 0.760. The van der Waals surface area contributed by atoms with Crippen LogP contribution in [-0.4, -0.2) is 25.1 Å². The van der Waals surface area contributed by atoms with Crippen LogP contribution in [0.2, 0.25) is 0 Å². The Bertz CT molecular complexity index is 880. The van der Waals surface area contributed by atoms with Crippen LogP contribution in [0.4, 0.5) is 18.9 Å². The van der Waals surface area contributed by atoms with Crippen molar-refractivity contribution >= 4 is 17.6 Å². The third-order valence-electron chi connectivity index (χ3n) is 4.26. The van der Waals surface area contributed by atoms with E-state index in [2.05, 4.69) is 5.32 Å². The molecule has 0 spiro atoms. The highest BCUT2D eigenvalue weighted by molar-refractivity contribution is 5.92. The highest BCUT2D eigenvalue weighted by Crippen LogP contribution is 2.30. The summed E-state index contributed by atoms with van der Waals surface area (Å²) in [7, 11) is 0. The SMILES string of the molecule is O=C(COC(=O)COc1ccc2c(c1)CCC2)Nc1cccc(C(F)(F)F)c1. The molecule has 1 N–H and O–H groups in total. The first-order valence-electron chi connectivity index (χ1n) is 8.68. The first-order valence-corrected chi connectivity index (χ1v) is 8.68. The Morgan fingerprint density at radius 2 is 1.79 bits per heavy atom. The molecule has 0 radical (unpaired) electrons. The fraction of sp³-hybridized carbons (Fsp3) is 0.300. The molecule has 5 nitrogen and oxygen atoms in total. The molecule has 1 aliphatic rings. The van der Waals surface area contributed by atoms with Gasteiger partial charge < -0.3 is 14.8 Å². The van der Waals surface area contributed by atoms with Crippen LogP contribution in [0, 0.1) is 0 Å². The van der Waals surface area contributed by atoms with E-state index in [1.165, 1.54) is 23.3 Å². The summed E-state index contributed by atoms with van der Waals surface area (Å²) in [6.45, 7) is -0.988. The molecule has 0 bridgehead atoms. The Morgan fingerprint density at radius 1 is 1.00 bits per heavy atom. The second kappa shape index (κ2) is 8.33. The molecule has 28 heavy (non-hydrogen) atoms. The average Bonchev–Trinajstić information content (AvgIpc) is 3.12. The molecule has 0 saturated heterocycles. The second-order valence-corrected chi connectivity index (χ2v) is 6.36. The van der Waals surface area contributed by atoms with Gasteiger partial charge in [0.2, 0.25) is 0 Å². The molecule has 0 saturated carbocycles. The van der Waals surface area contributed by atoms with Crippen molar-refractivity contribution in [3.05, 3.63) is 59.2 Å². The van der Waals surface area contributed by atoms with Crippen LogP contribution in [0.1, 0.15) is 23.1 Å². The smallest absolute Gasteiger partial charge is 0.416 e. The van der Waals surface area contributed by atoms with Gasteiger partial charge in [0.05, 0.1) is 5.56 Å². The van der Waals surface area contributed by atoms with E-state index in [9.17, 15) is 22.8 Å². The van der Waals surface area contributed by atoms with Crippen molar-refractivity contribution in [2.24, 2.45) is 0 Å². The second-order valence-electron chi connectivity index (χ2n) is 6.36. The Morgan fingerprint density at radius 3 is 2.57 bits per heavy atom. The number of rotatable bonds is 6. The van der Waals surface area contributed by atoms with Gasteiger partial charge in [-0.15, -0.1) is 0 Å². The first kappa shape index (κ1) is 19.7. The number of carbonyl (C=O) groups is 2. The molecule has 3 rings (SSSR count). The van der Waals surface area contributed by atoms with E-state index in [1.54, 1.807) is 6.07 Å². The van der Waals surface area contributed by atoms with E-state index in [0.717, 1.165) is 31.4 Å². The summed E-state index contributed by atoms with van der Waals surface area (Å²) in [6.07, 6.45) is -1.39. The van der Waals surface area contributed by atoms with Crippen molar-refractivity contribution in [3.63, 3.8) is 0 Å². The van der Waals surface area contributed by atoms with Crippen molar-refractivity contribution in [1.82, 2.24) is 0 Å². The molecule has 0 aromatic heterocycles. The topological polar surface area (TPSA) is 64.6 Å². The summed E-state index contributed by atoms with van der Waals surface area (Å²) >= 11 is 0. The van der Waals surface area contributed by atoms with Gasteiger partial charge >= 0.3 is 12.1 Å². The van der Waals surface area contributed by atoms with Gasteiger partial charge in [-0.2, -0.15) is 13.2 Å². The Labute approximate surface area is 159 Å². The molecule has 0 aliphatic heterocycles. The predicted molar refractivity (Wildman–Crippen MR) is 95.0 cm³/mol. The molecule has 8 heteroatoms. The maximum absolute atomic E-state index is 12.7. The molecule has 1 amide bonds. The van der Waals surface area contributed by atoms with Crippen LogP contribution >= 0.6 is 0 Å². The van der Waals surface area contributed by atoms with Gasteiger partial charge in [0, 0.05) is 5.69 Å². The lowest BCUT2D eigenvalue weighted by Crippen LogP contribution is -2.23. The number of alkyl halides is 3. The number of nitrogens with one attached hydrogen (secondary N) is 1. The molecular formula is C20H18F3NO4. The van der Waals surface area contributed by atoms with Gasteiger partial charge in [-0.1, -0.05) is 12.1 Å². The average molecular weight is 393 g/mol. The fourth-order valence-electron chi connectivity index (χ4n) is 2.94. The van der Waals surface area contributed by atoms with E-state index in [0.29, 0.717) is 5.75 Å². The number of hydrogen-bond acceptors (Lipinski definition) is 4. The van der Waals surface area contributed by atoms with Gasteiger partial charge in [0.1, 0.15) is 5.75 Å². The monoisotopic (exact) mass is 393 g/mol. The number of aryl methyl sites for hydroxylation is 2. The minimum Gasteiger partial charge on any atom is -0.482 e. The largest absolute Gasteiger partial charge is 0.482 e. The van der Waals surface area contributed by atoms with Gasteiger partial charge in [-0.3, -0.25) is 4.79 Å². The number of halogens is 3. The molecule has 0 heterocycles. The Balaban J connectivity index is 1.44. The van der Waals surface area contributed by atoms with Crippen molar-refractivity contribution in [2.75, 3.05) is 18.5 Å². The summed E-state index contributed by atoms with van der Waals surface area (Å²) in [5.74, 6) is -0.948. The minimum atomic E-state index is -4.51. The molecule has 2 aromatic rings. The third kappa shape index (κ3) is 5.25. The number of benzene rings is 2. The van der Waals surface area contributed by atoms with Crippen LogP contribution in [0.15, 0.2) is 42.5 Å². The zero-order valence-electron chi connectivity index (χ0n) is 14.8. The standard InChI is InChI=1S/C20H18F3NO4/c21-20(22,23)15-5-2-6-16(10-15)24-18(25)11-28-19(26)12-27-17-8-7-13-3-1-4-14(13)9-17/h2,5-10H,1,3-4,11-12H2,(H,24,25).